The minimum absolute atomic E-state index is 0.114. The molecule has 3 nitrogen and oxygen atoms in total. The fraction of sp³-hybridized carbons (Fsp3) is 0.421. The van der Waals surface area contributed by atoms with Crippen molar-refractivity contribution in [1.82, 2.24) is 5.32 Å². The van der Waals surface area contributed by atoms with Crippen molar-refractivity contribution in [2.24, 2.45) is 0 Å². The molecular weight excluding hydrogens is 274 g/mol. The van der Waals surface area contributed by atoms with Crippen LogP contribution in [-0.4, -0.2) is 25.2 Å². The van der Waals surface area contributed by atoms with Crippen molar-refractivity contribution in [3.8, 4) is 0 Å². The number of piperidine rings is 1. The smallest absolute Gasteiger partial charge is 0.315 e. The van der Waals surface area contributed by atoms with Crippen molar-refractivity contribution in [3.05, 3.63) is 48.0 Å². The normalized spacial score (nSPS) is 19.8. The molecule has 1 saturated heterocycles. The Hall–Kier alpha value is -1.87. The first-order valence-corrected chi connectivity index (χ1v) is 8.18. The van der Waals surface area contributed by atoms with Gasteiger partial charge in [0.2, 0.25) is 0 Å². The Labute approximate surface area is 131 Å². The molecule has 1 heterocycles. The van der Waals surface area contributed by atoms with E-state index in [9.17, 15) is 4.79 Å². The highest BCUT2D eigenvalue weighted by Crippen LogP contribution is 2.29. The molecule has 116 valence electrons. The van der Waals surface area contributed by atoms with Gasteiger partial charge < -0.3 is 10.1 Å². The molecule has 1 aliphatic rings. The first-order valence-electron chi connectivity index (χ1n) is 8.18. The number of esters is 1. The van der Waals surface area contributed by atoms with Gasteiger partial charge in [-0.3, -0.25) is 4.79 Å². The molecule has 3 heteroatoms. The summed E-state index contributed by atoms with van der Waals surface area (Å²) in [6.45, 7) is 3.27. The summed E-state index contributed by atoms with van der Waals surface area (Å²) in [5.74, 6) is -0.331. The van der Waals surface area contributed by atoms with E-state index in [2.05, 4.69) is 35.6 Å². The molecule has 0 saturated carbocycles. The third-order valence-corrected chi connectivity index (χ3v) is 4.42. The zero-order valence-electron chi connectivity index (χ0n) is 13.0. The number of hydrogen-bond acceptors (Lipinski definition) is 3. The molecule has 2 aromatic carbocycles. The summed E-state index contributed by atoms with van der Waals surface area (Å²) >= 11 is 0. The number of nitrogens with one attached hydrogen (secondary N) is 1. The van der Waals surface area contributed by atoms with Crippen LogP contribution in [0.3, 0.4) is 0 Å². The predicted molar refractivity (Wildman–Crippen MR) is 89.0 cm³/mol. The van der Waals surface area contributed by atoms with Gasteiger partial charge in [-0.15, -0.1) is 0 Å². The number of benzene rings is 2. The lowest BCUT2D eigenvalue weighted by Crippen LogP contribution is -2.42. The molecule has 1 aliphatic heterocycles. The summed E-state index contributed by atoms with van der Waals surface area (Å²) in [4.78, 5) is 12.5. The molecule has 0 aromatic heterocycles. The summed E-state index contributed by atoms with van der Waals surface area (Å²) in [6.07, 6.45) is 3.38. The van der Waals surface area contributed by atoms with Crippen LogP contribution in [0.5, 0.6) is 0 Å². The Bertz CT molecular complexity index is 647. The minimum Gasteiger partial charge on any atom is -0.465 e. The van der Waals surface area contributed by atoms with E-state index in [0.29, 0.717) is 6.61 Å². The lowest BCUT2D eigenvalue weighted by molar-refractivity contribution is -0.145. The van der Waals surface area contributed by atoms with Crippen molar-refractivity contribution in [3.63, 3.8) is 0 Å². The van der Waals surface area contributed by atoms with Gasteiger partial charge in [-0.2, -0.15) is 0 Å². The number of fused-ring (bicyclic) bond motifs is 1. The average molecular weight is 297 g/mol. The zero-order chi connectivity index (χ0) is 15.4. The summed E-state index contributed by atoms with van der Waals surface area (Å²) in [6, 6.07) is 14.7. The molecule has 2 atom stereocenters. The summed E-state index contributed by atoms with van der Waals surface area (Å²) in [7, 11) is 0. The summed E-state index contributed by atoms with van der Waals surface area (Å²) in [5, 5.41) is 5.88. The summed E-state index contributed by atoms with van der Waals surface area (Å²) in [5.41, 5.74) is 1.05. The average Bonchev–Trinajstić information content (AvgIpc) is 2.56. The van der Waals surface area contributed by atoms with Crippen LogP contribution in [0.2, 0.25) is 0 Å². The van der Waals surface area contributed by atoms with Gasteiger partial charge >= 0.3 is 5.97 Å². The first-order chi connectivity index (χ1) is 10.8. The molecule has 0 radical (unpaired) electrons. The molecular formula is C19H23NO2. The monoisotopic (exact) mass is 297 g/mol. The van der Waals surface area contributed by atoms with E-state index in [0.717, 1.165) is 18.5 Å². The maximum Gasteiger partial charge on any atom is 0.315 e. The van der Waals surface area contributed by atoms with E-state index >= 15 is 0 Å². The van der Waals surface area contributed by atoms with Gasteiger partial charge in [-0.05, 0) is 42.6 Å². The second-order valence-corrected chi connectivity index (χ2v) is 5.89. The molecule has 3 rings (SSSR count). The third kappa shape index (κ3) is 3.14. The van der Waals surface area contributed by atoms with Gasteiger partial charge in [0, 0.05) is 6.04 Å². The quantitative estimate of drug-likeness (QED) is 0.876. The Balaban J connectivity index is 1.96. The second-order valence-electron chi connectivity index (χ2n) is 5.89. The van der Waals surface area contributed by atoms with Gasteiger partial charge in [0.25, 0.3) is 0 Å². The lowest BCUT2D eigenvalue weighted by Gasteiger charge is -2.30. The van der Waals surface area contributed by atoms with Crippen LogP contribution in [0.15, 0.2) is 42.5 Å². The van der Waals surface area contributed by atoms with Crippen LogP contribution in [0.4, 0.5) is 0 Å². The van der Waals surface area contributed by atoms with E-state index in [1.165, 1.54) is 23.6 Å². The molecule has 2 aromatic rings. The summed E-state index contributed by atoms with van der Waals surface area (Å²) < 4.78 is 5.34. The molecule has 0 amide bonds. The van der Waals surface area contributed by atoms with Crippen LogP contribution in [-0.2, 0) is 9.53 Å². The molecule has 1 fully saturated rings. The number of ether oxygens (including phenoxy) is 1. The molecule has 0 aliphatic carbocycles. The topological polar surface area (TPSA) is 38.3 Å². The Morgan fingerprint density at radius 1 is 1.23 bits per heavy atom. The van der Waals surface area contributed by atoms with Crippen molar-refractivity contribution in [2.45, 2.75) is 38.1 Å². The van der Waals surface area contributed by atoms with E-state index in [1.54, 1.807) is 0 Å². The van der Waals surface area contributed by atoms with Crippen LogP contribution >= 0.6 is 0 Å². The number of carbonyl (C=O) groups is 1. The van der Waals surface area contributed by atoms with E-state index in [1.807, 2.05) is 19.1 Å². The first kappa shape index (κ1) is 15.0. The number of carbonyl (C=O) groups excluding carboxylic acids is 1. The van der Waals surface area contributed by atoms with Gasteiger partial charge in [-0.25, -0.2) is 0 Å². The molecule has 0 unspecified atom stereocenters. The van der Waals surface area contributed by atoms with Gasteiger partial charge in [-0.1, -0.05) is 48.9 Å². The fourth-order valence-electron chi connectivity index (χ4n) is 3.33. The van der Waals surface area contributed by atoms with Crippen LogP contribution in [0, 0.1) is 0 Å². The maximum atomic E-state index is 12.5. The van der Waals surface area contributed by atoms with Gasteiger partial charge in [0.1, 0.15) is 0 Å². The van der Waals surface area contributed by atoms with Crippen molar-refractivity contribution in [1.29, 1.82) is 0 Å². The molecule has 0 spiro atoms. The Morgan fingerprint density at radius 3 is 2.77 bits per heavy atom. The molecule has 1 N–H and O–H groups in total. The standard InChI is InChI=1S/C19H23NO2/c1-2-22-19(21)18(17-9-5-6-12-20-17)16-11-10-14-7-3-4-8-15(14)13-16/h3-4,7-8,10-11,13,17-18,20H,2,5-6,9,12H2,1H3/t17-,18+/m0/s1. The molecule has 0 bridgehead atoms. The highest BCUT2D eigenvalue weighted by Gasteiger charge is 2.32. The van der Waals surface area contributed by atoms with Crippen LogP contribution < -0.4 is 5.32 Å². The highest BCUT2D eigenvalue weighted by molar-refractivity contribution is 5.86. The fourth-order valence-corrected chi connectivity index (χ4v) is 3.33. The van der Waals surface area contributed by atoms with Gasteiger partial charge in [0.05, 0.1) is 12.5 Å². The minimum atomic E-state index is -0.218. The van der Waals surface area contributed by atoms with E-state index < -0.39 is 0 Å². The zero-order valence-corrected chi connectivity index (χ0v) is 13.0. The van der Waals surface area contributed by atoms with E-state index in [4.69, 9.17) is 4.74 Å². The van der Waals surface area contributed by atoms with E-state index in [-0.39, 0.29) is 17.9 Å². The van der Waals surface area contributed by atoms with Crippen LogP contribution in [0.1, 0.15) is 37.7 Å². The van der Waals surface area contributed by atoms with Gasteiger partial charge in [0.15, 0.2) is 0 Å². The SMILES string of the molecule is CCOC(=O)[C@H](c1ccc2ccccc2c1)[C@@H]1CCCCN1. The van der Waals surface area contributed by atoms with Crippen molar-refractivity contribution >= 4 is 16.7 Å². The third-order valence-electron chi connectivity index (χ3n) is 4.42. The maximum absolute atomic E-state index is 12.5. The number of rotatable bonds is 4. The largest absolute Gasteiger partial charge is 0.465 e. The highest BCUT2D eigenvalue weighted by atomic mass is 16.5. The Kier molecular flexibility index (Phi) is 4.74. The van der Waals surface area contributed by atoms with Crippen molar-refractivity contribution in [2.75, 3.05) is 13.2 Å². The Morgan fingerprint density at radius 2 is 2.05 bits per heavy atom. The van der Waals surface area contributed by atoms with Crippen molar-refractivity contribution < 1.29 is 9.53 Å². The number of hydrogen-bond donors (Lipinski definition) is 1. The lowest BCUT2D eigenvalue weighted by atomic mass is 9.85. The predicted octanol–water partition coefficient (Wildman–Crippen LogP) is 3.63. The van der Waals surface area contributed by atoms with Crippen LogP contribution in [0.25, 0.3) is 10.8 Å². The molecule has 22 heavy (non-hydrogen) atoms. The second kappa shape index (κ2) is 6.93.